The lowest BCUT2D eigenvalue weighted by atomic mass is 9.95. The number of methoxy groups -OCH3 is 1. The number of rotatable bonds is 9. The molecule has 0 aromatic heterocycles. The molecule has 1 atom stereocenters. The topological polar surface area (TPSA) is 67.9 Å². The number of amides is 2. The molecule has 1 saturated carbocycles. The van der Waals surface area contributed by atoms with Crippen LogP contribution >= 0.6 is 23.2 Å². The highest BCUT2D eigenvalue weighted by Gasteiger charge is 2.28. The highest BCUT2D eigenvalue weighted by Crippen LogP contribution is 2.27. The van der Waals surface area contributed by atoms with Gasteiger partial charge >= 0.3 is 0 Å². The molecule has 1 aliphatic carbocycles. The van der Waals surface area contributed by atoms with E-state index in [9.17, 15) is 9.59 Å². The van der Waals surface area contributed by atoms with Gasteiger partial charge in [0.05, 0.1) is 12.1 Å². The number of nitrogens with zero attached hydrogens (tertiary/aromatic N) is 1. The monoisotopic (exact) mass is 492 g/mol. The molecule has 2 amide bonds. The smallest absolute Gasteiger partial charge is 0.261 e. The van der Waals surface area contributed by atoms with Crippen LogP contribution in [0.3, 0.4) is 0 Å². The number of carbonyl (C=O) groups is 2. The predicted octanol–water partition coefficient (Wildman–Crippen LogP) is 5.25. The normalized spacial score (nSPS) is 14.9. The fraction of sp³-hybridized carbons (Fsp3) is 0.440. The molecule has 8 heteroatoms. The van der Waals surface area contributed by atoms with E-state index < -0.39 is 6.04 Å². The summed E-state index contributed by atoms with van der Waals surface area (Å²) >= 11 is 12.1. The number of carbonyl (C=O) groups excluding carboxylic acids is 2. The SMILES string of the molecule is COc1ccc(CN(C(=O)COc2ccc(Cl)cc2Cl)[C@H](C)C(=O)NC2CCCCC2)cc1. The van der Waals surface area contributed by atoms with E-state index in [1.165, 1.54) is 11.3 Å². The summed E-state index contributed by atoms with van der Waals surface area (Å²) in [5, 5.41) is 3.92. The minimum absolute atomic E-state index is 0.159. The summed E-state index contributed by atoms with van der Waals surface area (Å²) in [5.41, 5.74) is 0.881. The van der Waals surface area contributed by atoms with E-state index in [2.05, 4.69) is 5.32 Å². The zero-order valence-corrected chi connectivity index (χ0v) is 20.5. The standard InChI is InChI=1S/C25H30Cl2N2O4/c1-17(25(31)28-20-6-4-3-5-7-20)29(15-18-8-11-21(32-2)12-9-18)24(30)16-33-23-13-10-19(26)14-22(23)27/h8-14,17,20H,3-7,15-16H2,1-2H3,(H,28,31)/t17-/m1/s1. The largest absolute Gasteiger partial charge is 0.497 e. The second-order valence-electron chi connectivity index (χ2n) is 8.25. The Morgan fingerprint density at radius 3 is 2.42 bits per heavy atom. The lowest BCUT2D eigenvalue weighted by Crippen LogP contribution is -2.51. The van der Waals surface area contributed by atoms with Gasteiger partial charge in [0.1, 0.15) is 17.5 Å². The minimum Gasteiger partial charge on any atom is -0.497 e. The van der Waals surface area contributed by atoms with Crippen molar-refractivity contribution < 1.29 is 19.1 Å². The van der Waals surface area contributed by atoms with Gasteiger partial charge in [0.15, 0.2) is 6.61 Å². The summed E-state index contributed by atoms with van der Waals surface area (Å²) in [6, 6.07) is 11.7. The molecule has 0 heterocycles. The van der Waals surface area contributed by atoms with Crippen LogP contribution in [-0.2, 0) is 16.1 Å². The summed E-state index contributed by atoms with van der Waals surface area (Å²) in [6.45, 7) is 1.76. The number of benzene rings is 2. The molecule has 1 N–H and O–H groups in total. The molecule has 0 bridgehead atoms. The van der Waals surface area contributed by atoms with Crippen LogP contribution in [-0.4, -0.2) is 42.5 Å². The van der Waals surface area contributed by atoms with Crippen molar-refractivity contribution >= 4 is 35.0 Å². The van der Waals surface area contributed by atoms with Crippen LogP contribution in [0.2, 0.25) is 10.0 Å². The Labute approximate surface area is 205 Å². The molecule has 0 unspecified atom stereocenters. The molecular formula is C25H30Cl2N2O4. The van der Waals surface area contributed by atoms with Crippen LogP contribution in [0.5, 0.6) is 11.5 Å². The van der Waals surface area contributed by atoms with Gasteiger partial charge in [0.25, 0.3) is 5.91 Å². The predicted molar refractivity (Wildman–Crippen MR) is 130 cm³/mol. The first kappa shape index (κ1) is 25.2. The summed E-state index contributed by atoms with van der Waals surface area (Å²) < 4.78 is 10.9. The highest BCUT2D eigenvalue weighted by molar-refractivity contribution is 6.35. The number of hydrogen-bond donors (Lipinski definition) is 1. The molecule has 0 saturated heterocycles. The molecule has 0 radical (unpaired) electrons. The Kier molecular flexibility index (Phi) is 9.27. The molecule has 2 aromatic rings. The van der Waals surface area contributed by atoms with E-state index in [4.69, 9.17) is 32.7 Å². The van der Waals surface area contributed by atoms with Gasteiger partial charge in [0, 0.05) is 17.6 Å². The third-order valence-corrected chi connectivity index (χ3v) is 6.41. The van der Waals surface area contributed by atoms with E-state index >= 15 is 0 Å². The van der Waals surface area contributed by atoms with Gasteiger partial charge in [-0.25, -0.2) is 0 Å². The van der Waals surface area contributed by atoms with E-state index in [1.54, 1.807) is 32.2 Å². The van der Waals surface area contributed by atoms with Crippen LogP contribution < -0.4 is 14.8 Å². The molecule has 33 heavy (non-hydrogen) atoms. The molecule has 0 aliphatic heterocycles. The van der Waals surface area contributed by atoms with Crippen LogP contribution in [0.25, 0.3) is 0 Å². The summed E-state index contributed by atoms with van der Waals surface area (Å²) in [6.07, 6.45) is 5.38. The van der Waals surface area contributed by atoms with Gasteiger partial charge in [0.2, 0.25) is 5.91 Å². The highest BCUT2D eigenvalue weighted by atomic mass is 35.5. The summed E-state index contributed by atoms with van der Waals surface area (Å²) in [5.74, 6) is 0.606. The average Bonchev–Trinajstić information content (AvgIpc) is 2.82. The van der Waals surface area contributed by atoms with E-state index in [0.29, 0.717) is 15.8 Å². The molecular weight excluding hydrogens is 463 g/mol. The van der Waals surface area contributed by atoms with Gasteiger partial charge in [-0.05, 0) is 55.7 Å². The fourth-order valence-corrected chi connectivity index (χ4v) is 4.36. The Morgan fingerprint density at radius 1 is 1.09 bits per heavy atom. The number of nitrogens with one attached hydrogen (secondary N) is 1. The second-order valence-corrected chi connectivity index (χ2v) is 9.10. The molecule has 178 valence electrons. The molecule has 1 aliphatic rings. The molecule has 3 rings (SSSR count). The molecule has 6 nitrogen and oxygen atoms in total. The number of halogens is 2. The van der Waals surface area contributed by atoms with Crippen LogP contribution in [0, 0.1) is 0 Å². The van der Waals surface area contributed by atoms with E-state index in [0.717, 1.165) is 37.0 Å². The van der Waals surface area contributed by atoms with Crippen molar-refractivity contribution in [2.75, 3.05) is 13.7 Å². The van der Waals surface area contributed by atoms with Crippen molar-refractivity contribution in [3.05, 3.63) is 58.1 Å². The van der Waals surface area contributed by atoms with Crippen molar-refractivity contribution in [3.8, 4) is 11.5 Å². The van der Waals surface area contributed by atoms with Gasteiger partial charge in [-0.1, -0.05) is 54.6 Å². The summed E-state index contributed by atoms with van der Waals surface area (Å²) in [7, 11) is 1.60. The third kappa shape index (κ3) is 7.27. The van der Waals surface area contributed by atoms with Gasteiger partial charge in [-0.3, -0.25) is 9.59 Å². The maximum Gasteiger partial charge on any atom is 0.261 e. The van der Waals surface area contributed by atoms with Crippen LogP contribution in [0.1, 0.15) is 44.6 Å². The Balaban J connectivity index is 1.72. The third-order valence-electron chi connectivity index (χ3n) is 5.88. The zero-order chi connectivity index (χ0) is 23.8. The van der Waals surface area contributed by atoms with Crippen LogP contribution in [0.15, 0.2) is 42.5 Å². The molecule has 1 fully saturated rings. The zero-order valence-electron chi connectivity index (χ0n) is 19.0. The van der Waals surface area contributed by atoms with Gasteiger partial charge < -0.3 is 19.7 Å². The average molecular weight is 493 g/mol. The van der Waals surface area contributed by atoms with Crippen molar-refractivity contribution in [3.63, 3.8) is 0 Å². The van der Waals surface area contributed by atoms with Crippen LogP contribution in [0.4, 0.5) is 0 Å². The maximum absolute atomic E-state index is 13.2. The quantitative estimate of drug-likeness (QED) is 0.519. The van der Waals surface area contributed by atoms with Gasteiger partial charge in [-0.15, -0.1) is 0 Å². The van der Waals surface area contributed by atoms with Crippen molar-refractivity contribution in [2.24, 2.45) is 0 Å². The first-order valence-electron chi connectivity index (χ1n) is 11.2. The van der Waals surface area contributed by atoms with E-state index in [-0.39, 0.29) is 31.0 Å². The first-order valence-corrected chi connectivity index (χ1v) is 11.9. The minimum atomic E-state index is -0.661. The first-order chi connectivity index (χ1) is 15.9. The lowest BCUT2D eigenvalue weighted by molar-refractivity contribution is -0.142. The maximum atomic E-state index is 13.2. The molecule has 0 spiro atoms. The Hall–Kier alpha value is -2.44. The Bertz CT molecular complexity index is 946. The number of hydrogen-bond acceptors (Lipinski definition) is 4. The lowest BCUT2D eigenvalue weighted by Gasteiger charge is -2.31. The van der Waals surface area contributed by atoms with Crippen molar-refractivity contribution in [2.45, 2.75) is 57.7 Å². The fourth-order valence-electron chi connectivity index (χ4n) is 3.89. The second kappa shape index (κ2) is 12.1. The Morgan fingerprint density at radius 2 is 1.79 bits per heavy atom. The summed E-state index contributed by atoms with van der Waals surface area (Å²) in [4.78, 5) is 27.7. The van der Waals surface area contributed by atoms with Crippen molar-refractivity contribution in [1.29, 1.82) is 0 Å². The van der Waals surface area contributed by atoms with Gasteiger partial charge in [-0.2, -0.15) is 0 Å². The van der Waals surface area contributed by atoms with E-state index in [1.807, 2.05) is 24.3 Å². The molecule has 2 aromatic carbocycles. The van der Waals surface area contributed by atoms with Crippen molar-refractivity contribution in [1.82, 2.24) is 10.2 Å². The number of ether oxygens (including phenoxy) is 2.